The number of aliphatic hydroxyl groups excluding tert-OH is 1. The summed E-state index contributed by atoms with van der Waals surface area (Å²) in [5.74, 6) is 0.291. The first-order chi connectivity index (χ1) is 11.1. The third-order valence-corrected chi connectivity index (χ3v) is 3.72. The molecule has 23 heavy (non-hydrogen) atoms. The lowest BCUT2D eigenvalue weighted by Gasteiger charge is -2.16. The number of hydrogen-bond acceptors (Lipinski definition) is 4. The summed E-state index contributed by atoms with van der Waals surface area (Å²) in [6, 6.07) is 13.7. The topological polar surface area (TPSA) is 55.8 Å². The van der Waals surface area contributed by atoms with Crippen molar-refractivity contribution >= 4 is 5.97 Å². The van der Waals surface area contributed by atoms with E-state index >= 15 is 0 Å². The Hall–Kier alpha value is -2.33. The highest BCUT2D eigenvalue weighted by Gasteiger charge is 2.16. The summed E-state index contributed by atoms with van der Waals surface area (Å²) in [4.78, 5) is 11.5. The van der Waals surface area contributed by atoms with Crippen molar-refractivity contribution in [2.45, 2.75) is 33.0 Å². The highest BCUT2D eigenvalue weighted by Crippen LogP contribution is 2.28. The molecule has 2 aromatic rings. The molecule has 0 spiro atoms. The number of rotatable bonds is 6. The molecule has 0 saturated carbocycles. The van der Waals surface area contributed by atoms with Crippen LogP contribution in [-0.2, 0) is 22.6 Å². The van der Waals surface area contributed by atoms with E-state index in [-0.39, 0.29) is 6.61 Å². The van der Waals surface area contributed by atoms with Crippen LogP contribution in [0.2, 0.25) is 0 Å². The summed E-state index contributed by atoms with van der Waals surface area (Å²) >= 11 is 0. The third kappa shape index (κ3) is 4.11. The minimum Gasteiger partial charge on any atom is -0.479 e. The molecule has 0 aliphatic heterocycles. The molecule has 0 saturated heterocycles. The van der Waals surface area contributed by atoms with Crippen molar-refractivity contribution in [3.63, 3.8) is 0 Å². The Morgan fingerprint density at radius 2 is 1.91 bits per heavy atom. The van der Waals surface area contributed by atoms with Gasteiger partial charge in [-0.25, -0.2) is 4.79 Å². The van der Waals surface area contributed by atoms with Crippen molar-refractivity contribution in [3.05, 3.63) is 53.6 Å². The van der Waals surface area contributed by atoms with Crippen molar-refractivity contribution in [1.29, 1.82) is 0 Å². The Labute approximate surface area is 136 Å². The van der Waals surface area contributed by atoms with E-state index in [2.05, 4.69) is 10.8 Å². The predicted octanol–water partition coefficient (Wildman–Crippen LogP) is 3.35. The fourth-order valence-electron chi connectivity index (χ4n) is 2.40. The normalized spacial score (nSPS) is 11.8. The maximum Gasteiger partial charge on any atom is 0.346 e. The number of carbonyl (C=O) groups excluding carboxylic acids is 1. The maximum absolute atomic E-state index is 11.5. The number of hydrogen-bond donors (Lipinski definition) is 1. The van der Waals surface area contributed by atoms with Gasteiger partial charge in [0, 0.05) is 0 Å². The lowest BCUT2D eigenvalue weighted by Crippen LogP contribution is -2.25. The summed E-state index contributed by atoms with van der Waals surface area (Å²) < 4.78 is 10.4. The quantitative estimate of drug-likeness (QED) is 0.831. The highest BCUT2D eigenvalue weighted by atomic mass is 16.6. The standard InChI is InChI=1S/C19H22O4/c1-4-15-11-17(16-7-5-6-14(10-16)12-20)8-9-18(15)23-13(2)19(21)22-3/h5-11,13,20H,4,12H2,1-3H3. The lowest BCUT2D eigenvalue weighted by atomic mass is 9.99. The number of ether oxygens (including phenoxy) is 2. The Morgan fingerprint density at radius 3 is 2.57 bits per heavy atom. The number of methoxy groups -OCH3 is 1. The van der Waals surface area contributed by atoms with E-state index in [1.807, 2.05) is 43.3 Å². The number of esters is 1. The molecule has 0 aliphatic rings. The summed E-state index contributed by atoms with van der Waals surface area (Å²) in [6.07, 6.45) is 0.144. The minimum atomic E-state index is -0.645. The molecule has 0 fully saturated rings. The molecule has 1 N–H and O–H groups in total. The highest BCUT2D eigenvalue weighted by molar-refractivity contribution is 5.74. The average molecular weight is 314 g/mol. The van der Waals surface area contributed by atoms with Gasteiger partial charge in [-0.15, -0.1) is 0 Å². The zero-order valence-corrected chi connectivity index (χ0v) is 13.7. The summed E-state index contributed by atoms with van der Waals surface area (Å²) in [5.41, 5.74) is 3.99. The smallest absolute Gasteiger partial charge is 0.346 e. The van der Waals surface area contributed by atoms with E-state index in [0.29, 0.717) is 5.75 Å². The van der Waals surface area contributed by atoms with Crippen LogP contribution in [0, 0.1) is 0 Å². The second kappa shape index (κ2) is 7.79. The first kappa shape index (κ1) is 17.0. The van der Waals surface area contributed by atoms with Crippen LogP contribution in [-0.4, -0.2) is 24.3 Å². The summed E-state index contributed by atoms with van der Waals surface area (Å²) in [5, 5.41) is 9.26. The van der Waals surface area contributed by atoms with Crippen LogP contribution < -0.4 is 4.74 Å². The van der Waals surface area contributed by atoms with Gasteiger partial charge in [0.05, 0.1) is 13.7 Å². The monoisotopic (exact) mass is 314 g/mol. The second-order valence-corrected chi connectivity index (χ2v) is 5.32. The molecule has 0 aromatic heterocycles. The van der Waals surface area contributed by atoms with E-state index in [1.54, 1.807) is 6.92 Å². The van der Waals surface area contributed by atoms with Crippen LogP contribution in [0.5, 0.6) is 5.75 Å². The first-order valence-electron chi connectivity index (χ1n) is 7.66. The largest absolute Gasteiger partial charge is 0.479 e. The molecule has 0 bridgehead atoms. The molecule has 0 aliphatic carbocycles. The Balaban J connectivity index is 2.30. The van der Waals surface area contributed by atoms with E-state index in [9.17, 15) is 9.90 Å². The molecule has 122 valence electrons. The fourth-order valence-corrected chi connectivity index (χ4v) is 2.40. The molecule has 0 radical (unpaired) electrons. The zero-order chi connectivity index (χ0) is 16.8. The molecule has 4 nitrogen and oxygen atoms in total. The van der Waals surface area contributed by atoms with Gasteiger partial charge in [0.2, 0.25) is 0 Å². The van der Waals surface area contributed by atoms with Crippen molar-refractivity contribution in [2.75, 3.05) is 7.11 Å². The van der Waals surface area contributed by atoms with Crippen LogP contribution >= 0.6 is 0 Å². The van der Waals surface area contributed by atoms with Crippen molar-refractivity contribution in [2.24, 2.45) is 0 Å². The lowest BCUT2D eigenvalue weighted by molar-refractivity contribution is -0.147. The predicted molar refractivity (Wildman–Crippen MR) is 89.3 cm³/mol. The van der Waals surface area contributed by atoms with Crippen molar-refractivity contribution in [1.82, 2.24) is 0 Å². The van der Waals surface area contributed by atoms with Gasteiger partial charge in [0.25, 0.3) is 0 Å². The molecular formula is C19H22O4. The Bertz CT molecular complexity index is 679. The van der Waals surface area contributed by atoms with Gasteiger partial charge < -0.3 is 14.6 Å². The van der Waals surface area contributed by atoms with E-state index < -0.39 is 12.1 Å². The Kier molecular flexibility index (Phi) is 5.77. The van der Waals surface area contributed by atoms with Gasteiger partial charge >= 0.3 is 5.97 Å². The van der Waals surface area contributed by atoms with E-state index in [4.69, 9.17) is 4.74 Å². The van der Waals surface area contributed by atoms with Gasteiger partial charge in [0.1, 0.15) is 5.75 Å². The van der Waals surface area contributed by atoms with Gasteiger partial charge in [-0.3, -0.25) is 0 Å². The minimum absolute atomic E-state index is 0.0202. The van der Waals surface area contributed by atoms with Gasteiger partial charge in [0.15, 0.2) is 6.10 Å². The van der Waals surface area contributed by atoms with Crippen molar-refractivity contribution in [3.8, 4) is 16.9 Å². The zero-order valence-electron chi connectivity index (χ0n) is 13.7. The Morgan fingerprint density at radius 1 is 1.17 bits per heavy atom. The number of aryl methyl sites for hydroxylation is 1. The van der Waals surface area contributed by atoms with Crippen LogP contribution in [0.25, 0.3) is 11.1 Å². The van der Waals surface area contributed by atoms with Gasteiger partial charge in [-0.1, -0.05) is 31.2 Å². The molecule has 1 atom stereocenters. The average Bonchev–Trinajstić information content (AvgIpc) is 2.61. The van der Waals surface area contributed by atoms with Crippen LogP contribution in [0.4, 0.5) is 0 Å². The number of carbonyl (C=O) groups is 1. The molecule has 2 rings (SSSR count). The molecule has 0 heterocycles. The van der Waals surface area contributed by atoms with Crippen LogP contribution in [0.15, 0.2) is 42.5 Å². The summed E-state index contributed by atoms with van der Waals surface area (Å²) in [7, 11) is 1.35. The van der Waals surface area contributed by atoms with Gasteiger partial charge in [-0.2, -0.15) is 0 Å². The maximum atomic E-state index is 11.5. The number of benzene rings is 2. The van der Waals surface area contributed by atoms with E-state index in [0.717, 1.165) is 28.7 Å². The molecule has 4 heteroatoms. The van der Waals surface area contributed by atoms with Crippen molar-refractivity contribution < 1.29 is 19.4 Å². The van der Waals surface area contributed by atoms with Gasteiger partial charge in [-0.05, 0) is 53.8 Å². The summed E-state index contributed by atoms with van der Waals surface area (Å²) in [6.45, 7) is 3.73. The molecule has 2 aromatic carbocycles. The third-order valence-electron chi connectivity index (χ3n) is 3.72. The SMILES string of the molecule is CCc1cc(-c2cccc(CO)c2)ccc1OC(C)C(=O)OC. The molecular weight excluding hydrogens is 292 g/mol. The fraction of sp³-hybridized carbons (Fsp3) is 0.316. The molecule has 0 amide bonds. The molecule has 1 unspecified atom stereocenters. The first-order valence-corrected chi connectivity index (χ1v) is 7.66. The van der Waals surface area contributed by atoms with E-state index in [1.165, 1.54) is 7.11 Å². The van der Waals surface area contributed by atoms with Crippen LogP contribution in [0.3, 0.4) is 0 Å². The van der Waals surface area contributed by atoms with Crippen LogP contribution in [0.1, 0.15) is 25.0 Å². The number of aliphatic hydroxyl groups is 1. The second-order valence-electron chi connectivity index (χ2n) is 5.32.